The van der Waals surface area contributed by atoms with Gasteiger partial charge in [-0.05, 0) is 19.4 Å². The summed E-state index contributed by atoms with van der Waals surface area (Å²) in [5, 5.41) is 3.35. The Bertz CT molecular complexity index is 432. The van der Waals surface area contributed by atoms with E-state index in [1.807, 2.05) is 12.5 Å². The van der Waals surface area contributed by atoms with Crippen molar-refractivity contribution in [1.29, 1.82) is 0 Å². The average molecular weight is 247 g/mol. The molecule has 0 aliphatic heterocycles. The number of rotatable bonds is 8. The predicted octanol–water partition coefficient (Wildman–Crippen LogP) is 1.74. The minimum Gasteiger partial charge on any atom is -0.349 e. The fraction of sp³-hybridized carbons (Fsp3) is 0.538. The third kappa shape index (κ3) is 4.00. The van der Waals surface area contributed by atoms with Crippen LogP contribution in [0.1, 0.15) is 31.3 Å². The van der Waals surface area contributed by atoms with Crippen molar-refractivity contribution >= 4 is 0 Å². The van der Waals surface area contributed by atoms with Gasteiger partial charge in [-0.15, -0.1) is 0 Å². The fourth-order valence-corrected chi connectivity index (χ4v) is 1.88. The van der Waals surface area contributed by atoms with Gasteiger partial charge in [0.15, 0.2) is 0 Å². The van der Waals surface area contributed by atoms with Crippen LogP contribution in [0.15, 0.2) is 24.9 Å². The van der Waals surface area contributed by atoms with Crippen LogP contribution in [-0.4, -0.2) is 26.1 Å². The number of hydrogen-bond acceptors (Lipinski definition) is 3. The van der Waals surface area contributed by atoms with Gasteiger partial charge in [0.2, 0.25) is 0 Å². The Morgan fingerprint density at radius 1 is 1.39 bits per heavy atom. The van der Waals surface area contributed by atoms with Crippen molar-refractivity contribution < 1.29 is 0 Å². The number of aromatic amines is 1. The quantitative estimate of drug-likeness (QED) is 0.699. The van der Waals surface area contributed by atoms with Crippen molar-refractivity contribution in [3.05, 3.63) is 36.4 Å². The third-order valence-corrected chi connectivity index (χ3v) is 2.80. The van der Waals surface area contributed by atoms with Crippen LogP contribution < -0.4 is 5.32 Å². The highest BCUT2D eigenvalue weighted by Gasteiger charge is 1.99. The molecule has 0 aliphatic rings. The molecule has 0 unspecified atom stereocenters. The molecule has 98 valence electrons. The summed E-state index contributed by atoms with van der Waals surface area (Å²) in [4.78, 5) is 11.7. The molecule has 0 spiro atoms. The van der Waals surface area contributed by atoms with Crippen LogP contribution in [0.3, 0.4) is 0 Å². The van der Waals surface area contributed by atoms with Crippen LogP contribution in [-0.2, 0) is 19.5 Å². The molecule has 5 heteroatoms. The zero-order chi connectivity index (χ0) is 12.6. The number of nitrogens with one attached hydrogen (secondary N) is 2. The molecule has 0 atom stereocenters. The third-order valence-electron chi connectivity index (χ3n) is 2.80. The van der Waals surface area contributed by atoms with Crippen molar-refractivity contribution in [3.63, 3.8) is 0 Å². The van der Waals surface area contributed by atoms with Crippen LogP contribution >= 0.6 is 0 Å². The standard InChI is InChI=1S/C13H21N5/c1-2-5-14-9-12-10-18(11-17-12)8-3-4-13-15-6-7-16-13/h6-7,10-11,14H,2-5,8-9H2,1H3,(H,15,16). The molecule has 0 bridgehead atoms. The maximum atomic E-state index is 4.38. The van der Waals surface area contributed by atoms with Crippen molar-refractivity contribution in [3.8, 4) is 0 Å². The van der Waals surface area contributed by atoms with Gasteiger partial charge < -0.3 is 14.9 Å². The first-order valence-corrected chi connectivity index (χ1v) is 6.58. The minimum atomic E-state index is 0.860. The zero-order valence-corrected chi connectivity index (χ0v) is 10.9. The Morgan fingerprint density at radius 3 is 3.11 bits per heavy atom. The minimum absolute atomic E-state index is 0.860. The molecule has 0 aliphatic carbocycles. The molecule has 2 aromatic heterocycles. The summed E-state index contributed by atoms with van der Waals surface area (Å²) >= 11 is 0. The topological polar surface area (TPSA) is 58.5 Å². The predicted molar refractivity (Wildman–Crippen MR) is 71.1 cm³/mol. The molecule has 0 saturated carbocycles. The largest absolute Gasteiger partial charge is 0.349 e. The second-order valence-electron chi connectivity index (χ2n) is 4.42. The maximum Gasteiger partial charge on any atom is 0.106 e. The lowest BCUT2D eigenvalue weighted by Crippen LogP contribution is -2.13. The summed E-state index contributed by atoms with van der Waals surface area (Å²) in [5.74, 6) is 1.06. The average Bonchev–Trinajstić information content (AvgIpc) is 3.01. The number of H-pyrrole nitrogens is 1. The smallest absolute Gasteiger partial charge is 0.106 e. The Labute approximate surface area is 108 Å². The van der Waals surface area contributed by atoms with E-state index in [9.17, 15) is 0 Å². The van der Waals surface area contributed by atoms with Crippen LogP contribution in [0.25, 0.3) is 0 Å². The van der Waals surface area contributed by atoms with E-state index in [2.05, 4.69) is 38.0 Å². The summed E-state index contributed by atoms with van der Waals surface area (Å²) in [7, 11) is 0. The van der Waals surface area contributed by atoms with Gasteiger partial charge in [-0.1, -0.05) is 6.92 Å². The van der Waals surface area contributed by atoms with E-state index in [1.165, 1.54) is 0 Å². The second kappa shape index (κ2) is 6.96. The van der Waals surface area contributed by atoms with E-state index in [0.717, 1.165) is 50.4 Å². The molecule has 0 radical (unpaired) electrons. The van der Waals surface area contributed by atoms with E-state index < -0.39 is 0 Å². The lowest BCUT2D eigenvalue weighted by atomic mass is 10.3. The van der Waals surface area contributed by atoms with Gasteiger partial charge in [-0.2, -0.15) is 0 Å². The highest BCUT2D eigenvalue weighted by molar-refractivity contribution is 4.96. The number of nitrogens with zero attached hydrogens (tertiary/aromatic N) is 3. The van der Waals surface area contributed by atoms with Crippen molar-refractivity contribution in [2.75, 3.05) is 6.54 Å². The Hall–Kier alpha value is -1.62. The lowest BCUT2D eigenvalue weighted by Gasteiger charge is -2.01. The Morgan fingerprint density at radius 2 is 2.33 bits per heavy atom. The Kier molecular flexibility index (Phi) is 4.96. The molecular formula is C13H21N5. The van der Waals surface area contributed by atoms with Crippen LogP contribution in [0.2, 0.25) is 0 Å². The van der Waals surface area contributed by atoms with Crippen LogP contribution in [0.4, 0.5) is 0 Å². The maximum absolute atomic E-state index is 4.38. The zero-order valence-electron chi connectivity index (χ0n) is 10.9. The van der Waals surface area contributed by atoms with E-state index in [4.69, 9.17) is 0 Å². The lowest BCUT2D eigenvalue weighted by molar-refractivity contribution is 0.628. The highest BCUT2D eigenvalue weighted by Crippen LogP contribution is 2.01. The number of imidazole rings is 2. The SMILES string of the molecule is CCCNCc1cn(CCCc2ncc[nH]2)cn1. The Balaban J connectivity index is 1.69. The second-order valence-corrected chi connectivity index (χ2v) is 4.42. The van der Waals surface area contributed by atoms with Gasteiger partial charge in [0.25, 0.3) is 0 Å². The summed E-state index contributed by atoms with van der Waals surface area (Å²) in [5.41, 5.74) is 1.11. The van der Waals surface area contributed by atoms with Crippen molar-refractivity contribution in [2.45, 2.75) is 39.3 Å². The van der Waals surface area contributed by atoms with E-state index in [-0.39, 0.29) is 0 Å². The monoisotopic (exact) mass is 247 g/mol. The van der Waals surface area contributed by atoms with Gasteiger partial charge >= 0.3 is 0 Å². The normalized spacial score (nSPS) is 10.9. The van der Waals surface area contributed by atoms with Crippen LogP contribution in [0, 0.1) is 0 Å². The van der Waals surface area contributed by atoms with E-state index in [1.54, 1.807) is 6.20 Å². The van der Waals surface area contributed by atoms with Gasteiger partial charge in [-0.25, -0.2) is 9.97 Å². The molecule has 0 aromatic carbocycles. The highest BCUT2D eigenvalue weighted by atomic mass is 15.0. The molecule has 0 saturated heterocycles. The van der Waals surface area contributed by atoms with Crippen molar-refractivity contribution in [1.82, 2.24) is 24.8 Å². The summed E-state index contributed by atoms with van der Waals surface area (Å²) in [6.07, 6.45) is 10.9. The van der Waals surface area contributed by atoms with Gasteiger partial charge in [0.1, 0.15) is 5.82 Å². The first kappa shape index (κ1) is 12.8. The van der Waals surface area contributed by atoms with Gasteiger partial charge in [0.05, 0.1) is 12.0 Å². The van der Waals surface area contributed by atoms with Gasteiger partial charge in [0, 0.05) is 38.1 Å². The van der Waals surface area contributed by atoms with Crippen LogP contribution in [0.5, 0.6) is 0 Å². The number of aryl methyl sites for hydroxylation is 2. The molecule has 18 heavy (non-hydrogen) atoms. The molecule has 2 heterocycles. The fourth-order valence-electron chi connectivity index (χ4n) is 1.88. The van der Waals surface area contributed by atoms with Gasteiger partial charge in [-0.3, -0.25) is 0 Å². The number of aromatic nitrogens is 4. The molecule has 5 nitrogen and oxygen atoms in total. The number of hydrogen-bond donors (Lipinski definition) is 2. The molecule has 2 aromatic rings. The molecule has 0 amide bonds. The first-order valence-electron chi connectivity index (χ1n) is 6.58. The summed E-state index contributed by atoms with van der Waals surface area (Å²) < 4.78 is 2.14. The van der Waals surface area contributed by atoms with E-state index >= 15 is 0 Å². The molecule has 2 rings (SSSR count). The van der Waals surface area contributed by atoms with Crippen molar-refractivity contribution in [2.24, 2.45) is 0 Å². The first-order chi connectivity index (χ1) is 8.88. The van der Waals surface area contributed by atoms with E-state index in [0.29, 0.717) is 0 Å². The summed E-state index contributed by atoms with van der Waals surface area (Å²) in [6, 6.07) is 0. The molecule has 0 fully saturated rings. The molecular weight excluding hydrogens is 226 g/mol. The molecule has 2 N–H and O–H groups in total. The summed E-state index contributed by atoms with van der Waals surface area (Å²) in [6.45, 7) is 5.06.